The Balaban J connectivity index is 4.47. The van der Waals surface area contributed by atoms with Crippen LogP contribution >= 0.6 is 0 Å². The molecule has 0 aromatic rings. The molecule has 0 radical (unpaired) electrons. The summed E-state index contributed by atoms with van der Waals surface area (Å²) in [4.78, 5) is 37.5. The lowest BCUT2D eigenvalue weighted by Gasteiger charge is -2.18. The van der Waals surface area contributed by atoms with Gasteiger partial charge in [-0.25, -0.2) is 0 Å². The molecule has 0 aliphatic heterocycles. The van der Waals surface area contributed by atoms with Gasteiger partial charge >= 0.3 is 17.9 Å². The lowest BCUT2D eigenvalue weighted by atomic mass is 10.1. The Labute approximate surface area is 313 Å². The first-order valence-corrected chi connectivity index (χ1v) is 20.8. The SMILES string of the molecule is CC/C=C\C/C=C\CCCCC(=O)OCC(COC(=O)CCCCC/C=C\CCCCCCCC)OC(=O)CCCCC/C=C\C=C/CCCC. The van der Waals surface area contributed by atoms with Crippen LogP contribution in [0.4, 0.5) is 0 Å². The van der Waals surface area contributed by atoms with E-state index in [0.29, 0.717) is 12.8 Å². The van der Waals surface area contributed by atoms with Crippen LogP contribution in [-0.2, 0) is 28.6 Å². The van der Waals surface area contributed by atoms with Gasteiger partial charge in [-0.2, -0.15) is 0 Å². The third-order valence-electron chi connectivity index (χ3n) is 8.50. The van der Waals surface area contributed by atoms with Gasteiger partial charge in [-0.15, -0.1) is 0 Å². The van der Waals surface area contributed by atoms with E-state index >= 15 is 0 Å². The molecule has 0 saturated carbocycles. The van der Waals surface area contributed by atoms with E-state index in [1.165, 1.54) is 51.4 Å². The molecule has 0 spiro atoms. The number of carbonyl (C=O) groups is 3. The van der Waals surface area contributed by atoms with Gasteiger partial charge in [-0.05, 0) is 89.9 Å². The summed E-state index contributed by atoms with van der Waals surface area (Å²) in [6.45, 7) is 6.35. The highest BCUT2D eigenvalue weighted by Crippen LogP contribution is 2.11. The molecule has 6 nitrogen and oxygen atoms in total. The molecular formula is C45H76O6. The van der Waals surface area contributed by atoms with Gasteiger partial charge in [0.1, 0.15) is 13.2 Å². The minimum atomic E-state index is -0.802. The molecule has 51 heavy (non-hydrogen) atoms. The Kier molecular flexibility index (Phi) is 37.6. The summed E-state index contributed by atoms with van der Waals surface area (Å²) in [5.41, 5.74) is 0. The number of esters is 3. The first-order valence-electron chi connectivity index (χ1n) is 20.8. The second-order valence-corrected chi connectivity index (χ2v) is 13.5. The van der Waals surface area contributed by atoms with Crippen molar-refractivity contribution in [3.05, 3.63) is 60.8 Å². The molecule has 0 heterocycles. The van der Waals surface area contributed by atoms with Crippen LogP contribution in [0.25, 0.3) is 0 Å². The number of rotatable bonds is 36. The normalized spacial score (nSPS) is 12.6. The van der Waals surface area contributed by atoms with Crippen LogP contribution in [0.2, 0.25) is 0 Å². The zero-order valence-corrected chi connectivity index (χ0v) is 33.1. The third-order valence-corrected chi connectivity index (χ3v) is 8.50. The first-order chi connectivity index (χ1) is 25.0. The Morgan fingerprint density at radius 3 is 1.41 bits per heavy atom. The van der Waals surface area contributed by atoms with Crippen molar-refractivity contribution < 1.29 is 28.6 Å². The van der Waals surface area contributed by atoms with Gasteiger partial charge in [0, 0.05) is 19.3 Å². The van der Waals surface area contributed by atoms with Crippen LogP contribution in [0.15, 0.2) is 60.8 Å². The van der Waals surface area contributed by atoms with Gasteiger partial charge < -0.3 is 14.2 Å². The van der Waals surface area contributed by atoms with Gasteiger partial charge in [-0.3, -0.25) is 14.4 Å². The molecule has 0 bridgehead atoms. The molecule has 6 heteroatoms. The van der Waals surface area contributed by atoms with E-state index in [4.69, 9.17) is 14.2 Å². The summed E-state index contributed by atoms with van der Waals surface area (Å²) in [5.74, 6) is -0.995. The molecule has 292 valence electrons. The Bertz CT molecular complexity index is 960. The van der Waals surface area contributed by atoms with E-state index < -0.39 is 6.10 Å². The predicted octanol–water partition coefficient (Wildman–Crippen LogP) is 13.0. The quantitative estimate of drug-likeness (QED) is 0.0211. The molecule has 0 aliphatic carbocycles. The number of carbonyl (C=O) groups excluding carboxylic acids is 3. The molecule has 0 aromatic carbocycles. The number of hydrogen-bond donors (Lipinski definition) is 0. The van der Waals surface area contributed by atoms with Crippen molar-refractivity contribution in [3.63, 3.8) is 0 Å². The summed E-state index contributed by atoms with van der Waals surface area (Å²) in [6, 6.07) is 0. The molecule has 0 aliphatic rings. The molecule has 0 saturated heterocycles. The van der Waals surface area contributed by atoms with Crippen LogP contribution in [-0.4, -0.2) is 37.2 Å². The fourth-order valence-electron chi connectivity index (χ4n) is 5.33. The average Bonchev–Trinajstić information content (AvgIpc) is 3.12. The Morgan fingerprint density at radius 1 is 0.431 bits per heavy atom. The summed E-state index contributed by atoms with van der Waals surface area (Å²) in [7, 11) is 0. The van der Waals surface area contributed by atoms with Crippen molar-refractivity contribution in [2.24, 2.45) is 0 Å². The Hall–Kier alpha value is -2.89. The number of allylic oxidation sites excluding steroid dienone is 10. The maximum absolute atomic E-state index is 12.6. The lowest BCUT2D eigenvalue weighted by molar-refractivity contribution is -0.167. The van der Waals surface area contributed by atoms with Crippen molar-refractivity contribution in [3.8, 4) is 0 Å². The van der Waals surface area contributed by atoms with Crippen molar-refractivity contribution in [1.29, 1.82) is 0 Å². The summed E-state index contributed by atoms with van der Waals surface area (Å²) in [5, 5.41) is 0. The van der Waals surface area contributed by atoms with Crippen molar-refractivity contribution >= 4 is 17.9 Å². The smallest absolute Gasteiger partial charge is 0.306 e. The lowest BCUT2D eigenvalue weighted by Crippen LogP contribution is -2.30. The second kappa shape index (κ2) is 39.9. The van der Waals surface area contributed by atoms with Crippen molar-refractivity contribution in [1.82, 2.24) is 0 Å². The average molecular weight is 713 g/mol. The van der Waals surface area contributed by atoms with E-state index in [-0.39, 0.29) is 37.5 Å². The van der Waals surface area contributed by atoms with Crippen molar-refractivity contribution in [2.75, 3.05) is 13.2 Å². The van der Waals surface area contributed by atoms with E-state index in [1.54, 1.807) is 0 Å². The molecule has 1 atom stereocenters. The van der Waals surface area contributed by atoms with E-state index in [1.807, 2.05) is 0 Å². The van der Waals surface area contributed by atoms with Gasteiger partial charge in [-0.1, -0.05) is 139 Å². The second-order valence-electron chi connectivity index (χ2n) is 13.5. The highest BCUT2D eigenvalue weighted by molar-refractivity contribution is 5.71. The van der Waals surface area contributed by atoms with Gasteiger partial charge in [0.15, 0.2) is 6.10 Å². The summed E-state index contributed by atoms with van der Waals surface area (Å²) in [6.07, 6.45) is 46.5. The molecule has 0 aromatic heterocycles. The van der Waals surface area contributed by atoms with Crippen LogP contribution in [0.1, 0.15) is 188 Å². The van der Waals surface area contributed by atoms with Gasteiger partial charge in [0.05, 0.1) is 0 Å². The molecule has 0 fully saturated rings. The fourth-order valence-corrected chi connectivity index (χ4v) is 5.33. The molecule has 0 N–H and O–H groups in total. The number of unbranched alkanes of at least 4 members (excludes halogenated alkanes) is 16. The minimum absolute atomic E-state index is 0.104. The zero-order chi connectivity index (χ0) is 37.3. The molecule has 1 unspecified atom stereocenters. The van der Waals surface area contributed by atoms with Crippen LogP contribution in [0.3, 0.4) is 0 Å². The van der Waals surface area contributed by atoms with E-state index in [2.05, 4.69) is 81.5 Å². The number of hydrogen-bond acceptors (Lipinski definition) is 6. The van der Waals surface area contributed by atoms with Gasteiger partial charge in [0.25, 0.3) is 0 Å². The third kappa shape index (κ3) is 38.2. The van der Waals surface area contributed by atoms with Crippen LogP contribution < -0.4 is 0 Å². The van der Waals surface area contributed by atoms with Gasteiger partial charge in [0.2, 0.25) is 0 Å². The monoisotopic (exact) mass is 713 g/mol. The van der Waals surface area contributed by atoms with E-state index in [0.717, 1.165) is 96.3 Å². The molecule has 0 amide bonds. The fraction of sp³-hybridized carbons (Fsp3) is 0.711. The largest absolute Gasteiger partial charge is 0.462 e. The highest BCUT2D eigenvalue weighted by Gasteiger charge is 2.19. The van der Waals surface area contributed by atoms with Crippen LogP contribution in [0, 0.1) is 0 Å². The maximum Gasteiger partial charge on any atom is 0.306 e. The summed E-state index contributed by atoms with van der Waals surface area (Å²) < 4.78 is 16.5. The zero-order valence-electron chi connectivity index (χ0n) is 33.1. The maximum atomic E-state index is 12.6. The minimum Gasteiger partial charge on any atom is -0.462 e. The number of ether oxygens (including phenoxy) is 3. The standard InChI is InChI=1S/C45H76O6/c1-4-7-10-13-16-19-21-22-24-26-29-32-35-38-44(47)50-41-42(40-49-43(46)37-34-31-28-25-18-15-12-9-6-3)51-45(48)39-36-33-30-27-23-20-17-14-11-8-5-2/h9,12,14,17-18,20,22-25,42H,4-8,10-11,13,15-16,19,21,26-41H2,1-3H3/b12-9-,17-14-,23-20-,24-22-,25-18-. The highest BCUT2D eigenvalue weighted by atomic mass is 16.6. The summed E-state index contributed by atoms with van der Waals surface area (Å²) >= 11 is 0. The molecule has 0 rings (SSSR count). The topological polar surface area (TPSA) is 78.9 Å². The predicted molar refractivity (Wildman–Crippen MR) is 215 cm³/mol. The first kappa shape index (κ1) is 48.1. The van der Waals surface area contributed by atoms with E-state index in [9.17, 15) is 14.4 Å². The van der Waals surface area contributed by atoms with Crippen molar-refractivity contribution in [2.45, 2.75) is 194 Å². The molecular weight excluding hydrogens is 636 g/mol. The van der Waals surface area contributed by atoms with Crippen LogP contribution in [0.5, 0.6) is 0 Å². The Morgan fingerprint density at radius 2 is 0.843 bits per heavy atom.